The molecule has 0 amide bonds. The highest BCUT2D eigenvalue weighted by atomic mass is 32.2. The zero-order valence-electron chi connectivity index (χ0n) is 14.2. The molecular weight excluding hydrogens is 330 g/mol. The number of benzene rings is 1. The second-order valence-corrected chi connectivity index (χ2v) is 9.02. The molecule has 2 aliphatic heterocycles. The molecule has 1 atom stereocenters. The van der Waals surface area contributed by atoms with Crippen LogP contribution in [-0.4, -0.2) is 43.1 Å². The Kier molecular flexibility index (Phi) is 4.34. The summed E-state index contributed by atoms with van der Waals surface area (Å²) >= 11 is 0. The summed E-state index contributed by atoms with van der Waals surface area (Å²) in [7, 11) is -3.44. The largest absolute Gasteiger partial charge is 0.483 e. The van der Waals surface area contributed by atoms with Gasteiger partial charge < -0.3 is 9.47 Å². The fourth-order valence-corrected chi connectivity index (χ4v) is 4.50. The van der Waals surface area contributed by atoms with Crippen LogP contribution in [0.4, 0.5) is 0 Å². The summed E-state index contributed by atoms with van der Waals surface area (Å²) in [5.74, 6) is 0.404. The Labute approximate surface area is 142 Å². The van der Waals surface area contributed by atoms with Crippen LogP contribution in [0, 0.1) is 0 Å². The molecule has 3 rings (SSSR count). The molecule has 2 heterocycles. The second-order valence-electron chi connectivity index (χ2n) is 7.09. The third kappa shape index (κ3) is 3.42. The Balaban J connectivity index is 1.82. The van der Waals surface area contributed by atoms with E-state index in [0.717, 1.165) is 31.1 Å². The number of carbonyl (C=O) groups is 1. The van der Waals surface area contributed by atoms with Crippen molar-refractivity contribution < 1.29 is 22.7 Å². The highest BCUT2D eigenvalue weighted by Gasteiger charge is 2.37. The molecule has 0 unspecified atom stereocenters. The summed E-state index contributed by atoms with van der Waals surface area (Å²) in [6, 6.07) is 4.69. The predicted molar refractivity (Wildman–Crippen MR) is 89.7 cm³/mol. The molecule has 1 aromatic rings. The maximum Gasteiger partial charge on any atom is 0.329 e. The first kappa shape index (κ1) is 17.2. The average molecular weight is 353 g/mol. The van der Waals surface area contributed by atoms with E-state index in [1.807, 2.05) is 26.0 Å². The lowest BCUT2D eigenvalue weighted by Crippen LogP contribution is -2.48. The Morgan fingerprint density at radius 2 is 2.08 bits per heavy atom. The van der Waals surface area contributed by atoms with Gasteiger partial charge in [-0.3, -0.25) is 0 Å². The number of esters is 1. The van der Waals surface area contributed by atoms with Crippen molar-refractivity contribution in [2.24, 2.45) is 0 Å². The number of carbonyl (C=O) groups excluding carboxylic acids is 1. The van der Waals surface area contributed by atoms with Crippen LogP contribution in [0.2, 0.25) is 0 Å². The summed E-state index contributed by atoms with van der Waals surface area (Å²) in [6.45, 7) is 4.31. The number of ether oxygens (including phenoxy) is 2. The van der Waals surface area contributed by atoms with E-state index in [2.05, 4.69) is 0 Å². The molecule has 0 bridgehead atoms. The van der Waals surface area contributed by atoms with Crippen LogP contribution in [0.25, 0.3) is 0 Å². The van der Waals surface area contributed by atoms with Gasteiger partial charge in [-0.25, -0.2) is 13.2 Å². The Bertz CT molecular complexity index is 756. The van der Waals surface area contributed by atoms with Crippen molar-refractivity contribution >= 4 is 16.0 Å². The maximum absolute atomic E-state index is 12.6. The molecule has 2 aliphatic rings. The second kappa shape index (κ2) is 6.04. The first-order valence-corrected chi connectivity index (χ1v) is 10.0. The Hall–Kier alpha value is -1.60. The highest BCUT2D eigenvalue weighted by Crippen LogP contribution is 2.42. The van der Waals surface area contributed by atoms with Crippen LogP contribution >= 0.6 is 0 Å². The van der Waals surface area contributed by atoms with Crippen molar-refractivity contribution in [3.05, 3.63) is 23.8 Å². The predicted octanol–water partition coefficient (Wildman–Crippen LogP) is 2.12. The molecule has 1 aromatic carbocycles. The van der Waals surface area contributed by atoms with E-state index in [9.17, 15) is 13.2 Å². The van der Waals surface area contributed by atoms with Crippen molar-refractivity contribution in [1.82, 2.24) is 4.31 Å². The van der Waals surface area contributed by atoms with E-state index in [4.69, 9.17) is 9.47 Å². The van der Waals surface area contributed by atoms with Gasteiger partial charge in [0, 0.05) is 18.5 Å². The van der Waals surface area contributed by atoms with Crippen molar-refractivity contribution in [3.8, 4) is 11.5 Å². The quantitative estimate of drug-likeness (QED) is 0.615. The normalized spacial score (nSPS) is 23.4. The molecule has 0 aromatic heterocycles. The minimum atomic E-state index is -3.44. The fraction of sp³-hybridized carbons (Fsp3) is 0.588. The van der Waals surface area contributed by atoms with E-state index < -0.39 is 22.0 Å². The molecular formula is C17H23NO5S. The number of para-hydroxylation sites is 1. The number of piperidine rings is 1. The summed E-state index contributed by atoms with van der Waals surface area (Å²) in [4.78, 5) is 12.6. The molecule has 7 heteroatoms. The van der Waals surface area contributed by atoms with E-state index in [-0.39, 0.29) is 5.60 Å². The number of hydrogen-bond acceptors (Lipinski definition) is 5. The standard InChI is InChI=1S/C17H23NO5S/c1-17(2)11-12-7-6-9-14(15(12)23-17)22-16(19)13-8-4-5-10-18(13)24(3,20)21/h6-7,9,13H,4-5,8,10-11H2,1-3H3/t13-/m0/s1. The monoisotopic (exact) mass is 353 g/mol. The van der Waals surface area contributed by atoms with Crippen molar-refractivity contribution in [2.45, 2.75) is 51.2 Å². The molecule has 0 spiro atoms. The molecule has 1 fully saturated rings. The lowest BCUT2D eigenvalue weighted by Gasteiger charge is -2.31. The van der Waals surface area contributed by atoms with Gasteiger partial charge in [0.1, 0.15) is 11.6 Å². The zero-order valence-corrected chi connectivity index (χ0v) is 15.1. The van der Waals surface area contributed by atoms with Crippen molar-refractivity contribution in [1.29, 1.82) is 0 Å². The zero-order chi connectivity index (χ0) is 17.5. The first-order chi connectivity index (χ1) is 11.2. The van der Waals surface area contributed by atoms with Gasteiger partial charge in [0.15, 0.2) is 11.5 Å². The Morgan fingerprint density at radius 3 is 2.79 bits per heavy atom. The van der Waals surface area contributed by atoms with Crippen LogP contribution in [-0.2, 0) is 21.2 Å². The number of hydrogen-bond donors (Lipinski definition) is 0. The lowest BCUT2D eigenvalue weighted by molar-refractivity contribution is -0.139. The van der Waals surface area contributed by atoms with Gasteiger partial charge >= 0.3 is 5.97 Å². The van der Waals surface area contributed by atoms with Gasteiger partial charge in [-0.15, -0.1) is 0 Å². The summed E-state index contributed by atoms with van der Waals surface area (Å²) < 4.78 is 36.5. The summed E-state index contributed by atoms with van der Waals surface area (Å²) in [5.41, 5.74) is 0.656. The van der Waals surface area contributed by atoms with Gasteiger partial charge in [-0.05, 0) is 39.2 Å². The molecule has 0 saturated carbocycles. The number of sulfonamides is 1. The van der Waals surface area contributed by atoms with E-state index in [1.54, 1.807) is 6.07 Å². The summed E-state index contributed by atoms with van der Waals surface area (Å²) in [6.07, 6.45) is 3.92. The number of nitrogens with zero attached hydrogens (tertiary/aromatic N) is 1. The third-order valence-corrected chi connectivity index (χ3v) is 5.71. The molecule has 0 radical (unpaired) electrons. The van der Waals surface area contributed by atoms with E-state index in [0.29, 0.717) is 24.5 Å². The van der Waals surface area contributed by atoms with Gasteiger partial charge in [0.05, 0.1) is 6.26 Å². The van der Waals surface area contributed by atoms with Gasteiger partial charge in [0.2, 0.25) is 10.0 Å². The maximum atomic E-state index is 12.6. The molecule has 24 heavy (non-hydrogen) atoms. The number of rotatable bonds is 3. The van der Waals surface area contributed by atoms with Crippen LogP contribution in [0.3, 0.4) is 0 Å². The molecule has 1 saturated heterocycles. The topological polar surface area (TPSA) is 72.9 Å². The highest BCUT2D eigenvalue weighted by molar-refractivity contribution is 7.88. The average Bonchev–Trinajstić information content (AvgIpc) is 2.81. The Morgan fingerprint density at radius 1 is 1.33 bits per heavy atom. The minimum Gasteiger partial charge on any atom is -0.483 e. The van der Waals surface area contributed by atoms with Crippen LogP contribution < -0.4 is 9.47 Å². The van der Waals surface area contributed by atoms with Gasteiger partial charge in [-0.1, -0.05) is 12.1 Å². The van der Waals surface area contributed by atoms with Gasteiger partial charge in [0.25, 0.3) is 0 Å². The molecule has 132 valence electrons. The van der Waals surface area contributed by atoms with Crippen molar-refractivity contribution in [3.63, 3.8) is 0 Å². The first-order valence-electron chi connectivity index (χ1n) is 8.17. The van der Waals surface area contributed by atoms with Crippen molar-refractivity contribution in [2.75, 3.05) is 12.8 Å². The van der Waals surface area contributed by atoms with Gasteiger partial charge in [-0.2, -0.15) is 4.31 Å². The van der Waals surface area contributed by atoms with E-state index >= 15 is 0 Å². The minimum absolute atomic E-state index is 0.339. The molecule has 0 N–H and O–H groups in total. The lowest BCUT2D eigenvalue weighted by atomic mass is 10.0. The molecule has 0 aliphatic carbocycles. The van der Waals surface area contributed by atoms with Crippen LogP contribution in [0.5, 0.6) is 11.5 Å². The fourth-order valence-electron chi connectivity index (χ4n) is 3.38. The van der Waals surface area contributed by atoms with E-state index in [1.165, 1.54) is 4.31 Å². The van der Waals surface area contributed by atoms with Crippen LogP contribution in [0.15, 0.2) is 18.2 Å². The molecule has 6 nitrogen and oxygen atoms in total. The smallest absolute Gasteiger partial charge is 0.329 e. The number of fused-ring (bicyclic) bond motifs is 1. The summed E-state index contributed by atoms with van der Waals surface area (Å²) in [5, 5.41) is 0. The van der Waals surface area contributed by atoms with Crippen LogP contribution in [0.1, 0.15) is 38.7 Å². The SMILES string of the molecule is CC1(C)Cc2cccc(OC(=O)[C@@H]3CCCCN3S(C)(=O)=O)c2O1. The third-order valence-electron chi connectivity index (χ3n) is 4.42.